The van der Waals surface area contributed by atoms with Crippen molar-refractivity contribution < 1.29 is 19.2 Å². The molecule has 0 radical (unpaired) electrons. The fourth-order valence-electron chi connectivity index (χ4n) is 2.50. The van der Waals surface area contributed by atoms with Crippen molar-refractivity contribution in [2.75, 3.05) is 13.1 Å². The first kappa shape index (κ1) is 21.1. The highest BCUT2D eigenvalue weighted by Crippen LogP contribution is 2.11. The number of primary amides is 3. The molecular formula is C18H26N4O4. The second kappa shape index (κ2) is 10.9. The molecule has 8 nitrogen and oxygen atoms in total. The van der Waals surface area contributed by atoms with Gasteiger partial charge >= 0.3 is 0 Å². The summed E-state index contributed by atoms with van der Waals surface area (Å²) in [5, 5.41) is 0. The Morgan fingerprint density at radius 2 is 1.19 bits per heavy atom. The lowest BCUT2D eigenvalue weighted by atomic mass is 10.1. The number of likely N-dealkylation sites (tertiary alicyclic amines) is 1. The van der Waals surface area contributed by atoms with E-state index in [-0.39, 0.29) is 11.8 Å². The van der Waals surface area contributed by atoms with E-state index in [0.29, 0.717) is 24.0 Å². The first-order chi connectivity index (χ1) is 12.3. The average molecular weight is 362 g/mol. The molecule has 0 unspecified atom stereocenters. The van der Waals surface area contributed by atoms with Crippen LogP contribution in [-0.4, -0.2) is 41.6 Å². The third kappa shape index (κ3) is 7.78. The molecule has 1 aromatic carbocycles. The molecule has 0 aromatic heterocycles. The Balaban J connectivity index is 0.000000263. The molecule has 142 valence electrons. The van der Waals surface area contributed by atoms with Crippen molar-refractivity contribution in [3.05, 3.63) is 35.4 Å². The number of nitrogens with zero attached hydrogens (tertiary/aromatic N) is 1. The van der Waals surface area contributed by atoms with Gasteiger partial charge < -0.3 is 22.1 Å². The number of unbranched alkanes of at least 4 members (excludes halogenated alkanes) is 1. The van der Waals surface area contributed by atoms with Crippen LogP contribution in [0.3, 0.4) is 0 Å². The summed E-state index contributed by atoms with van der Waals surface area (Å²) in [5.41, 5.74) is 15.7. The predicted molar refractivity (Wildman–Crippen MR) is 97.0 cm³/mol. The summed E-state index contributed by atoms with van der Waals surface area (Å²) < 4.78 is 0. The lowest BCUT2D eigenvalue weighted by Gasteiger charge is -2.14. The van der Waals surface area contributed by atoms with Crippen molar-refractivity contribution in [3.63, 3.8) is 0 Å². The second-order valence-electron chi connectivity index (χ2n) is 6.07. The molecule has 1 aliphatic heterocycles. The normalized spacial score (nSPS) is 12.8. The van der Waals surface area contributed by atoms with Crippen molar-refractivity contribution >= 4 is 23.6 Å². The highest BCUT2D eigenvalue weighted by Gasteiger charge is 2.16. The van der Waals surface area contributed by atoms with Crippen LogP contribution in [0.5, 0.6) is 0 Å². The van der Waals surface area contributed by atoms with Gasteiger partial charge in [0.25, 0.3) is 0 Å². The summed E-state index contributed by atoms with van der Waals surface area (Å²) in [6.45, 7) is 1.82. The van der Waals surface area contributed by atoms with Crippen molar-refractivity contribution in [2.45, 2.75) is 38.5 Å². The highest BCUT2D eigenvalue weighted by atomic mass is 16.2. The van der Waals surface area contributed by atoms with Gasteiger partial charge in [0.05, 0.1) is 0 Å². The van der Waals surface area contributed by atoms with E-state index in [0.717, 1.165) is 38.8 Å². The molecule has 1 heterocycles. The number of benzene rings is 1. The maximum absolute atomic E-state index is 11.5. The molecule has 4 amide bonds. The van der Waals surface area contributed by atoms with Gasteiger partial charge in [0.15, 0.2) is 0 Å². The molecule has 0 bridgehead atoms. The van der Waals surface area contributed by atoms with Crippen molar-refractivity contribution in [2.24, 2.45) is 17.2 Å². The molecule has 0 saturated carbocycles. The third-order valence-electron chi connectivity index (χ3n) is 3.98. The van der Waals surface area contributed by atoms with Gasteiger partial charge in [0.2, 0.25) is 23.6 Å². The van der Waals surface area contributed by atoms with E-state index >= 15 is 0 Å². The van der Waals surface area contributed by atoms with Crippen LogP contribution >= 0.6 is 0 Å². The lowest BCUT2D eigenvalue weighted by Crippen LogP contribution is -2.27. The minimum atomic E-state index is -0.522. The van der Waals surface area contributed by atoms with Crippen LogP contribution in [0, 0.1) is 0 Å². The summed E-state index contributed by atoms with van der Waals surface area (Å²) in [6, 6.07) is 5.84. The second-order valence-corrected chi connectivity index (χ2v) is 6.07. The number of amides is 4. The Hall–Kier alpha value is -2.90. The summed E-state index contributed by atoms with van der Waals surface area (Å²) in [6.07, 6.45) is 4.73. The number of carbonyl (C=O) groups excluding carboxylic acids is 4. The SMILES string of the molecule is NC(=O)CCCCC(=O)N1CCCC1.NC(=O)c1ccc(C(N)=O)cc1. The first-order valence-electron chi connectivity index (χ1n) is 8.57. The number of carbonyl (C=O) groups is 4. The Bertz CT molecular complexity index is 604. The van der Waals surface area contributed by atoms with Crippen LogP contribution in [0.15, 0.2) is 24.3 Å². The Kier molecular flexibility index (Phi) is 8.83. The molecule has 8 heteroatoms. The smallest absolute Gasteiger partial charge is 0.248 e. The summed E-state index contributed by atoms with van der Waals surface area (Å²) >= 11 is 0. The van der Waals surface area contributed by atoms with Gasteiger partial charge in [-0.15, -0.1) is 0 Å². The molecule has 6 N–H and O–H groups in total. The van der Waals surface area contributed by atoms with E-state index in [9.17, 15) is 19.2 Å². The number of hydrogen-bond donors (Lipinski definition) is 3. The van der Waals surface area contributed by atoms with Crippen LogP contribution in [0.25, 0.3) is 0 Å². The van der Waals surface area contributed by atoms with Crippen molar-refractivity contribution in [3.8, 4) is 0 Å². The van der Waals surface area contributed by atoms with E-state index in [2.05, 4.69) is 0 Å². The minimum Gasteiger partial charge on any atom is -0.370 e. The van der Waals surface area contributed by atoms with E-state index < -0.39 is 11.8 Å². The van der Waals surface area contributed by atoms with Gasteiger partial charge in [-0.3, -0.25) is 19.2 Å². The molecular weight excluding hydrogens is 336 g/mol. The Labute approximate surface area is 152 Å². The lowest BCUT2D eigenvalue weighted by molar-refractivity contribution is -0.130. The molecule has 1 aliphatic rings. The summed E-state index contributed by atoms with van der Waals surface area (Å²) in [5.74, 6) is -1.09. The van der Waals surface area contributed by atoms with E-state index in [4.69, 9.17) is 17.2 Å². The molecule has 26 heavy (non-hydrogen) atoms. The van der Waals surface area contributed by atoms with Gasteiger partial charge in [0.1, 0.15) is 0 Å². The Morgan fingerprint density at radius 1 is 0.769 bits per heavy atom. The molecule has 0 aliphatic carbocycles. The topological polar surface area (TPSA) is 150 Å². The van der Waals surface area contributed by atoms with E-state index in [1.807, 2.05) is 4.90 Å². The fourth-order valence-corrected chi connectivity index (χ4v) is 2.50. The minimum absolute atomic E-state index is 0.229. The maximum atomic E-state index is 11.5. The van der Waals surface area contributed by atoms with Crippen LogP contribution in [0.1, 0.15) is 59.2 Å². The highest BCUT2D eigenvalue weighted by molar-refractivity contribution is 5.96. The molecule has 0 spiro atoms. The first-order valence-corrected chi connectivity index (χ1v) is 8.57. The van der Waals surface area contributed by atoms with E-state index in [1.165, 1.54) is 24.3 Å². The zero-order valence-electron chi connectivity index (χ0n) is 14.8. The summed E-state index contributed by atoms with van der Waals surface area (Å²) in [7, 11) is 0. The zero-order chi connectivity index (χ0) is 19.5. The van der Waals surface area contributed by atoms with Crippen molar-refractivity contribution in [1.82, 2.24) is 4.90 Å². The van der Waals surface area contributed by atoms with Crippen molar-refractivity contribution in [1.29, 1.82) is 0 Å². The van der Waals surface area contributed by atoms with Gasteiger partial charge in [0, 0.05) is 37.1 Å². The van der Waals surface area contributed by atoms with Gasteiger partial charge in [-0.1, -0.05) is 0 Å². The van der Waals surface area contributed by atoms with Crippen LogP contribution < -0.4 is 17.2 Å². The fraction of sp³-hybridized carbons (Fsp3) is 0.444. The van der Waals surface area contributed by atoms with Gasteiger partial charge in [-0.25, -0.2) is 0 Å². The van der Waals surface area contributed by atoms with Crippen LogP contribution in [0.4, 0.5) is 0 Å². The molecule has 1 aromatic rings. The van der Waals surface area contributed by atoms with Gasteiger partial charge in [-0.2, -0.15) is 0 Å². The molecule has 0 atom stereocenters. The summed E-state index contributed by atoms with van der Waals surface area (Å²) in [4.78, 5) is 45.0. The maximum Gasteiger partial charge on any atom is 0.248 e. The largest absolute Gasteiger partial charge is 0.370 e. The molecule has 1 fully saturated rings. The quantitative estimate of drug-likeness (QED) is 0.607. The Morgan fingerprint density at radius 3 is 1.58 bits per heavy atom. The number of nitrogens with two attached hydrogens (primary N) is 3. The van der Waals surface area contributed by atoms with Gasteiger partial charge in [-0.05, 0) is 49.9 Å². The predicted octanol–water partition coefficient (Wildman–Crippen LogP) is 0.539. The van der Waals surface area contributed by atoms with Crippen LogP contribution in [0.2, 0.25) is 0 Å². The third-order valence-corrected chi connectivity index (χ3v) is 3.98. The number of rotatable bonds is 7. The monoisotopic (exact) mass is 362 g/mol. The average Bonchev–Trinajstić information content (AvgIpc) is 3.13. The van der Waals surface area contributed by atoms with E-state index in [1.54, 1.807) is 0 Å². The van der Waals surface area contributed by atoms with Crippen LogP contribution in [-0.2, 0) is 9.59 Å². The molecule has 2 rings (SSSR count). The zero-order valence-corrected chi connectivity index (χ0v) is 14.8. The standard InChI is InChI=1S/C10H18N2O2.C8H8N2O2/c11-9(13)5-1-2-6-10(14)12-7-3-4-8-12;9-7(11)5-1-2-6(4-3-5)8(10)12/h1-8H2,(H2,11,13);1-4H,(H2,9,11)(H2,10,12). The molecule has 1 saturated heterocycles. The number of hydrogen-bond acceptors (Lipinski definition) is 4.